The molecule has 1 aliphatic heterocycles. The van der Waals surface area contributed by atoms with Gasteiger partial charge in [0.2, 0.25) is 10.0 Å². The van der Waals surface area contributed by atoms with Crippen molar-refractivity contribution in [2.24, 2.45) is 0 Å². The zero-order valence-corrected chi connectivity index (χ0v) is 21.1. The first-order chi connectivity index (χ1) is 13.9. The van der Waals surface area contributed by atoms with Gasteiger partial charge in [0.1, 0.15) is 0 Å². The van der Waals surface area contributed by atoms with Crippen molar-refractivity contribution in [3.05, 3.63) is 66.3 Å². The van der Waals surface area contributed by atoms with Gasteiger partial charge >= 0.3 is 0 Å². The molecule has 30 heavy (non-hydrogen) atoms. The minimum absolute atomic E-state index is 0.157. The monoisotopic (exact) mass is 447 g/mol. The van der Waals surface area contributed by atoms with Crippen LogP contribution in [0.15, 0.2) is 65.6 Å². The molecule has 0 amide bonds. The molecule has 0 saturated heterocycles. The van der Waals surface area contributed by atoms with Gasteiger partial charge in [0.15, 0.2) is 8.32 Å². The predicted octanol–water partition coefficient (Wildman–Crippen LogP) is 5.84. The summed E-state index contributed by atoms with van der Waals surface area (Å²) in [6.45, 7) is 17.8. The second kappa shape index (κ2) is 9.77. The van der Waals surface area contributed by atoms with Crippen LogP contribution in [0.4, 0.5) is 0 Å². The van der Waals surface area contributed by atoms with E-state index in [2.05, 4.69) is 46.5 Å². The number of rotatable bonds is 9. The average molecular weight is 448 g/mol. The number of benzene rings is 1. The fourth-order valence-corrected chi connectivity index (χ4v) is 5.62. The van der Waals surface area contributed by atoms with Crippen molar-refractivity contribution >= 4 is 18.3 Å². The van der Waals surface area contributed by atoms with Crippen LogP contribution < -0.4 is 0 Å². The maximum absolute atomic E-state index is 13.3. The minimum Gasteiger partial charge on any atom is -0.413 e. The lowest BCUT2D eigenvalue weighted by Crippen LogP contribution is -2.40. The molecule has 0 N–H and O–H groups in total. The van der Waals surface area contributed by atoms with E-state index in [1.807, 2.05) is 37.3 Å². The number of hydrogen-bond donors (Lipinski definition) is 0. The molecule has 6 heteroatoms. The summed E-state index contributed by atoms with van der Waals surface area (Å²) in [6.07, 6.45) is 9.43. The summed E-state index contributed by atoms with van der Waals surface area (Å²) in [5.74, 6) is 0. The third-order valence-corrected chi connectivity index (χ3v) is 12.5. The van der Waals surface area contributed by atoms with Gasteiger partial charge in [0.05, 0.1) is 11.5 Å². The van der Waals surface area contributed by atoms with Crippen LogP contribution in [0.3, 0.4) is 0 Å². The topological polar surface area (TPSA) is 46.6 Å². The lowest BCUT2D eigenvalue weighted by molar-refractivity contribution is 0.328. The van der Waals surface area contributed by atoms with Gasteiger partial charge in [-0.3, -0.25) is 0 Å². The molecule has 0 aliphatic carbocycles. The largest absolute Gasteiger partial charge is 0.413 e. The van der Waals surface area contributed by atoms with Gasteiger partial charge in [-0.1, -0.05) is 62.8 Å². The maximum atomic E-state index is 13.3. The molecular formula is C24H37NO3SSi. The van der Waals surface area contributed by atoms with E-state index >= 15 is 0 Å². The standard InChI is InChI=1S/C24H37NO3SSi/c1-8-9-12-22-18-21(11-10-17-28-30(6,7)24(3,4)5)19-25(22)29(26,27)23-15-13-20(2)14-16-23/h8,10-11,13-16,18,22H,1,9,12,17,19H2,2-7H3/b11-10+/t22-/m1/s1. The van der Waals surface area contributed by atoms with Gasteiger partial charge in [-0.2, -0.15) is 4.31 Å². The van der Waals surface area contributed by atoms with Crippen molar-refractivity contribution < 1.29 is 12.8 Å². The summed E-state index contributed by atoms with van der Waals surface area (Å²) >= 11 is 0. The summed E-state index contributed by atoms with van der Waals surface area (Å²) < 4.78 is 34.3. The Bertz CT molecular complexity index is 893. The van der Waals surface area contributed by atoms with E-state index < -0.39 is 18.3 Å². The SMILES string of the molecule is C=CCC[C@@H]1C=C(/C=C/CO[Si](C)(C)C(C)(C)C)CN1S(=O)(=O)c1ccc(C)cc1. The Morgan fingerprint density at radius 1 is 1.23 bits per heavy atom. The first-order valence-corrected chi connectivity index (χ1v) is 14.9. The summed E-state index contributed by atoms with van der Waals surface area (Å²) in [5, 5.41) is 0.169. The quantitative estimate of drug-likeness (QED) is 0.353. The Balaban J connectivity index is 2.13. The zero-order chi connectivity index (χ0) is 22.6. The molecule has 1 aromatic carbocycles. The number of aryl methyl sites for hydroxylation is 1. The highest BCUT2D eigenvalue weighted by molar-refractivity contribution is 7.89. The average Bonchev–Trinajstić information content (AvgIpc) is 3.07. The van der Waals surface area contributed by atoms with Crippen LogP contribution in [-0.2, 0) is 14.4 Å². The van der Waals surface area contributed by atoms with Crippen molar-refractivity contribution in [2.75, 3.05) is 13.2 Å². The first kappa shape index (κ1) is 24.8. The summed E-state index contributed by atoms with van der Waals surface area (Å²) in [6, 6.07) is 6.91. The molecule has 0 aromatic heterocycles. The van der Waals surface area contributed by atoms with Crippen LogP contribution in [0.2, 0.25) is 18.1 Å². The highest BCUT2D eigenvalue weighted by Gasteiger charge is 2.37. The Labute approximate surface area is 184 Å². The van der Waals surface area contributed by atoms with E-state index in [1.165, 1.54) is 0 Å². The lowest BCUT2D eigenvalue weighted by Gasteiger charge is -2.35. The Hall–Kier alpha value is -1.47. The molecule has 4 nitrogen and oxygen atoms in total. The van der Waals surface area contributed by atoms with Gasteiger partial charge in [-0.25, -0.2) is 8.42 Å². The van der Waals surface area contributed by atoms with Crippen LogP contribution in [0, 0.1) is 6.92 Å². The van der Waals surface area contributed by atoms with Gasteiger partial charge < -0.3 is 4.43 Å². The first-order valence-electron chi connectivity index (χ1n) is 10.6. The van der Waals surface area contributed by atoms with Gasteiger partial charge in [0.25, 0.3) is 0 Å². The molecule has 0 fully saturated rings. The van der Waals surface area contributed by atoms with E-state index in [4.69, 9.17) is 4.43 Å². The highest BCUT2D eigenvalue weighted by Crippen LogP contribution is 2.36. The van der Waals surface area contributed by atoms with Crippen molar-refractivity contribution in [1.82, 2.24) is 4.31 Å². The van der Waals surface area contributed by atoms with Crippen LogP contribution in [-0.4, -0.2) is 40.2 Å². The van der Waals surface area contributed by atoms with Crippen LogP contribution >= 0.6 is 0 Å². The summed E-state index contributed by atoms with van der Waals surface area (Å²) in [7, 11) is -5.35. The number of hydrogen-bond acceptors (Lipinski definition) is 3. The van der Waals surface area contributed by atoms with E-state index in [0.717, 1.165) is 24.0 Å². The molecule has 1 heterocycles. The van der Waals surface area contributed by atoms with Crippen LogP contribution in [0.1, 0.15) is 39.2 Å². The van der Waals surface area contributed by atoms with E-state index in [-0.39, 0.29) is 11.1 Å². The third kappa shape index (κ3) is 6.03. The molecule has 0 unspecified atom stereocenters. The molecule has 166 valence electrons. The van der Waals surface area contributed by atoms with E-state index in [9.17, 15) is 8.42 Å². The summed E-state index contributed by atoms with van der Waals surface area (Å²) in [4.78, 5) is 0.344. The predicted molar refractivity (Wildman–Crippen MR) is 129 cm³/mol. The molecule has 2 rings (SSSR count). The molecule has 0 bridgehead atoms. The number of nitrogens with zero attached hydrogens (tertiary/aromatic N) is 1. The Morgan fingerprint density at radius 2 is 1.87 bits per heavy atom. The van der Waals surface area contributed by atoms with Crippen molar-refractivity contribution in [3.8, 4) is 0 Å². The van der Waals surface area contributed by atoms with Crippen LogP contribution in [0.25, 0.3) is 0 Å². The molecule has 0 radical (unpaired) electrons. The highest BCUT2D eigenvalue weighted by atomic mass is 32.2. The second-order valence-electron chi connectivity index (χ2n) is 9.51. The van der Waals surface area contributed by atoms with Gasteiger partial charge in [0, 0.05) is 12.6 Å². The van der Waals surface area contributed by atoms with Gasteiger partial charge in [-0.05, 0) is 55.6 Å². The molecule has 0 spiro atoms. The molecular weight excluding hydrogens is 410 g/mol. The molecule has 1 aromatic rings. The van der Waals surface area contributed by atoms with E-state index in [0.29, 0.717) is 18.0 Å². The van der Waals surface area contributed by atoms with Crippen molar-refractivity contribution in [2.45, 2.75) is 69.6 Å². The number of sulfonamides is 1. The van der Waals surface area contributed by atoms with Crippen LogP contribution in [0.5, 0.6) is 0 Å². The van der Waals surface area contributed by atoms with Crippen molar-refractivity contribution in [3.63, 3.8) is 0 Å². The smallest absolute Gasteiger partial charge is 0.243 e. The fourth-order valence-electron chi connectivity index (χ4n) is 3.09. The van der Waals surface area contributed by atoms with Crippen molar-refractivity contribution in [1.29, 1.82) is 0 Å². The lowest BCUT2D eigenvalue weighted by atomic mass is 10.1. The fraction of sp³-hybridized carbons (Fsp3) is 0.500. The Kier molecular flexibility index (Phi) is 8.07. The summed E-state index contributed by atoms with van der Waals surface area (Å²) in [5.41, 5.74) is 2.06. The normalized spacial score (nSPS) is 18.7. The molecule has 1 aliphatic rings. The maximum Gasteiger partial charge on any atom is 0.243 e. The number of allylic oxidation sites excluding steroid dienone is 1. The second-order valence-corrected chi connectivity index (χ2v) is 16.2. The minimum atomic E-state index is -3.55. The van der Waals surface area contributed by atoms with E-state index in [1.54, 1.807) is 16.4 Å². The molecule has 0 saturated carbocycles. The third-order valence-electron chi connectivity index (χ3n) is 6.09. The zero-order valence-electron chi connectivity index (χ0n) is 19.3. The van der Waals surface area contributed by atoms with Gasteiger partial charge in [-0.15, -0.1) is 6.58 Å². The Morgan fingerprint density at radius 3 is 2.43 bits per heavy atom. The molecule has 1 atom stereocenters.